The molecule has 1 fully saturated rings. The normalized spacial score (nSPS) is 19.5. The van der Waals surface area contributed by atoms with Crippen LogP contribution in [0.1, 0.15) is 12.0 Å². The molecule has 0 aromatic heterocycles. The van der Waals surface area contributed by atoms with Gasteiger partial charge in [-0.05, 0) is 24.3 Å². The highest BCUT2D eigenvalue weighted by atomic mass is 127. The molecule has 1 unspecified atom stereocenters. The number of carbonyl (C=O) groups is 2. The van der Waals surface area contributed by atoms with E-state index in [0.717, 1.165) is 0 Å². The summed E-state index contributed by atoms with van der Waals surface area (Å²) >= 11 is 2.11. The van der Waals surface area contributed by atoms with Crippen molar-refractivity contribution in [3.05, 3.63) is 29.8 Å². The van der Waals surface area contributed by atoms with E-state index in [1.54, 1.807) is 24.3 Å². The Hall–Kier alpha value is -1.42. The Bertz CT molecular complexity index is 504. The zero-order valence-corrected chi connectivity index (χ0v) is 11.0. The lowest BCUT2D eigenvalue weighted by Gasteiger charge is -2.14. The van der Waals surface area contributed by atoms with Crippen LogP contribution in [0.4, 0.5) is 5.69 Å². The molecule has 17 heavy (non-hydrogen) atoms. The Morgan fingerprint density at radius 3 is 2.47 bits per heavy atom. The van der Waals surface area contributed by atoms with Crippen LogP contribution < -0.4 is 4.90 Å². The minimum atomic E-state index is -0.209. The molecule has 2 rings (SSSR count). The third-order valence-electron chi connectivity index (χ3n) is 2.68. The van der Waals surface area contributed by atoms with Crippen molar-refractivity contribution in [2.24, 2.45) is 5.92 Å². The van der Waals surface area contributed by atoms with E-state index in [1.807, 2.05) is 6.07 Å². The summed E-state index contributed by atoms with van der Waals surface area (Å²) in [5, 5.41) is 8.68. The van der Waals surface area contributed by atoms with Crippen LogP contribution >= 0.6 is 22.6 Å². The standard InChI is InChI=1S/C12H9IN2O2/c13-6-9-5-11(16)15(12(9)17)10-3-1-8(7-14)2-4-10/h1-4,9H,5-6H2. The maximum atomic E-state index is 11.9. The smallest absolute Gasteiger partial charge is 0.238 e. The molecule has 0 saturated carbocycles. The van der Waals surface area contributed by atoms with Gasteiger partial charge in [-0.15, -0.1) is 0 Å². The Morgan fingerprint density at radius 2 is 2.00 bits per heavy atom. The van der Waals surface area contributed by atoms with Gasteiger partial charge in [0.25, 0.3) is 0 Å². The molecule has 1 aliphatic rings. The summed E-state index contributed by atoms with van der Waals surface area (Å²) in [6, 6.07) is 8.46. The number of nitriles is 1. The van der Waals surface area contributed by atoms with Gasteiger partial charge in [-0.25, -0.2) is 0 Å². The van der Waals surface area contributed by atoms with E-state index in [2.05, 4.69) is 22.6 Å². The Labute approximate surface area is 112 Å². The molecule has 0 spiro atoms. The van der Waals surface area contributed by atoms with Gasteiger partial charge in [-0.2, -0.15) is 5.26 Å². The number of carbonyl (C=O) groups excluding carboxylic acids is 2. The van der Waals surface area contributed by atoms with E-state index in [0.29, 0.717) is 15.7 Å². The van der Waals surface area contributed by atoms with Crippen LogP contribution in [-0.4, -0.2) is 16.2 Å². The summed E-state index contributed by atoms with van der Waals surface area (Å²) in [6.45, 7) is 0. The predicted molar refractivity (Wildman–Crippen MR) is 70.6 cm³/mol. The van der Waals surface area contributed by atoms with Crippen LogP contribution in [-0.2, 0) is 9.59 Å². The molecule has 1 aromatic carbocycles. The highest BCUT2D eigenvalue weighted by molar-refractivity contribution is 14.1. The summed E-state index contributed by atoms with van der Waals surface area (Å²) in [4.78, 5) is 24.9. The summed E-state index contributed by atoms with van der Waals surface area (Å²) in [6.07, 6.45) is 0.280. The quantitative estimate of drug-likeness (QED) is 0.469. The fourth-order valence-corrected chi connectivity index (χ4v) is 2.46. The zero-order chi connectivity index (χ0) is 12.4. The molecule has 4 nitrogen and oxygen atoms in total. The monoisotopic (exact) mass is 340 g/mol. The first-order valence-electron chi connectivity index (χ1n) is 5.10. The molecule has 5 heteroatoms. The number of hydrogen-bond donors (Lipinski definition) is 0. The lowest BCUT2D eigenvalue weighted by atomic mass is 10.1. The molecule has 86 valence electrons. The summed E-state index contributed by atoms with van der Waals surface area (Å²) in [5.41, 5.74) is 1.06. The molecule has 1 heterocycles. The molecule has 1 atom stereocenters. The fraction of sp³-hybridized carbons (Fsp3) is 0.250. The second kappa shape index (κ2) is 4.84. The topological polar surface area (TPSA) is 61.2 Å². The van der Waals surface area contributed by atoms with Gasteiger partial charge in [0, 0.05) is 10.8 Å². The van der Waals surface area contributed by atoms with Crippen LogP contribution in [0.15, 0.2) is 24.3 Å². The highest BCUT2D eigenvalue weighted by Crippen LogP contribution is 2.27. The average molecular weight is 340 g/mol. The summed E-state index contributed by atoms with van der Waals surface area (Å²) in [5.74, 6) is -0.519. The number of imide groups is 1. The molecule has 1 aromatic rings. The van der Waals surface area contributed by atoms with Gasteiger partial charge in [0.2, 0.25) is 11.8 Å². The van der Waals surface area contributed by atoms with Gasteiger partial charge in [0.1, 0.15) is 0 Å². The van der Waals surface area contributed by atoms with Crippen LogP contribution in [0.25, 0.3) is 0 Å². The first-order chi connectivity index (χ1) is 8.17. The van der Waals surface area contributed by atoms with Gasteiger partial charge in [0.15, 0.2) is 0 Å². The van der Waals surface area contributed by atoms with Gasteiger partial charge in [0.05, 0.1) is 23.2 Å². The second-order valence-electron chi connectivity index (χ2n) is 3.78. The molecule has 0 N–H and O–H groups in total. The van der Waals surface area contributed by atoms with Crippen LogP contribution in [0, 0.1) is 17.2 Å². The SMILES string of the molecule is N#Cc1ccc(N2C(=O)CC(CI)C2=O)cc1. The van der Waals surface area contributed by atoms with Gasteiger partial charge in [-0.3, -0.25) is 14.5 Å². The molecule has 1 aliphatic heterocycles. The van der Waals surface area contributed by atoms with Crippen molar-refractivity contribution in [3.8, 4) is 6.07 Å². The van der Waals surface area contributed by atoms with Gasteiger partial charge >= 0.3 is 0 Å². The Balaban J connectivity index is 2.31. The number of nitrogens with zero attached hydrogens (tertiary/aromatic N) is 2. The van der Waals surface area contributed by atoms with E-state index in [4.69, 9.17) is 5.26 Å². The van der Waals surface area contributed by atoms with E-state index in [1.165, 1.54) is 4.90 Å². The summed E-state index contributed by atoms with van der Waals surface area (Å²) in [7, 11) is 0. The molecule has 0 radical (unpaired) electrons. The summed E-state index contributed by atoms with van der Waals surface area (Å²) < 4.78 is 0.648. The number of benzene rings is 1. The second-order valence-corrected chi connectivity index (χ2v) is 4.66. The number of alkyl halides is 1. The van der Waals surface area contributed by atoms with E-state index < -0.39 is 0 Å². The van der Waals surface area contributed by atoms with E-state index in [9.17, 15) is 9.59 Å². The highest BCUT2D eigenvalue weighted by Gasteiger charge is 2.38. The Morgan fingerprint density at radius 1 is 1.35 bits per heavy atom. The van der Waals surface area contributed by atoms with Crippen molar-refractivity contribution in [2.75, 3.05) is 9.33 Å². The number of anilines is 1. The number of rotatable bonds is 2. The van der Waals surface area contributed by atoms with Crippen molar-refractivity contribution < 1.29 is 9.59 Å². The maximum Gasteiger partial charge on any atom is 0.238 e. The first-order valence-corrected chi connectivity index (χ1v) is 6.63. The molecule has 0 bridgehead atoms. The van der Waals surface area contributed by atoms with Crippen LogP contribution in [0.2, 0.25) is 0 Å². The molecule has 1 saturated heterocycles. The van der Waals surface area contributed by atoms with E-state index >= 15 is 0 Å². The molecular weight excluding hydrogens is 331 g/mol. The van der Waals surface area contributed by atoms with E-state index in [-0.39, 0.29) is 24.2 Å². The minimum Gasteiger partial charge on any atom is -0.274 e. The minimum absolute atomic E-state index is 0.144. The number of halogens is 1. The van der Waals surface area contributed by atoms with Crippen molar-refractivity contribution in [1.82, 2.24) is 0 Å². The third kappa shape index (κ3) is 2.17. The predicted octanol–water partition coefficient (Wildman–Crippen LogP) is 1.87. The number of amides is 2. The fourth-order valence-electron chi connectivity index (χ4n) is 1.77. The first kappa shape index (κ1) is 12.0. The van der Waals surface area contributed by atoms with Crippen molar-refractivity contribution >= 4 is 40.1 Å². The maximum absolute atomic E-state index is 11.9. The lowest BCUT2D eigenvalue weighted by Crippen LogP contribution is -2.30. The van der Waals surface area contributed by atoms with Crippen LogP contribution in [0.3, 0.4) is 0 Å². The molecule has 0 aliphatic carbocycles. The Kier molecular flexibility index (Phi) is 3.43. The van der Waals surface area contributed by atoms with Gasteiger partial charge < -0.3 is 0 Å². The van der Waals surface area contributed by atoms with Crippen LogP contribution in [0.5, 0.6) is 0 Å². The molecule has 2 amide bonds. The van der Waals surface area contributed by atoms with Crippen molar-refractivity contribution in [3.63, 3.8) is 0 Å². The zero-order valence-electron chi connectivity index (χ0n) is 8.89. The van der Waals surface area contributed by atoms with Crippen molar-refractivity contribution in [2.45, 2.75) is 6.42 Å². The van der Waals surface area contributed by atoms with Crippen molar-refractivity contribution in [1.29, 1.82) is 5.26 Å². The van der Waals surface area contributed by atoms with Gasteiger partial charge in [-0.1, -0.05) is 22.6 Å². The molecular formula is C12H9IN2O2. The lowest BCUT2D eigenvalue weighted by molar-refractivity contribution is -0.122. The third-order valence-corrected chi connectivity index (χ3v) is 3.74. The average Bonchev–Trinajstić information content (AvgIpc) is 2.64. The number of hydrogen-bond acceptors (Lipinski definition) is 3. The largest absolute Gasteiger partial charge is 0.274 e.